The van der Waals surface area contributed by atoms with Crippen molar-refractivity contribution in [1.82, 2.24) is 0 Å². The lowest BCUT2D eigenvalue weighted by atomic mass is 9.91. The number of nitrogens with one attached hydrogen (secondary N) is 1. The lowest BCUT2D eigenvalue weighted by molar-refractivity contribution is 0.416. The van der Waals surface area contributed by atoms with Gasteiger partial charge >= 0.3 is 0 Å². The van der Waals surface area contributed by atoms with Crippen LogP contribution in [0.1, 0.15) is 23.1 Å². The quantitative estimate of drug-likeness (QED) is 0.874. The zero-order valence-electron chi connectivity index (χ0n) is 12.4. The zero-order chi connectivity index (χ0) is 14.1. The lowest BCUT2D eigenvalue weighted by Crippen LogP contribution is -2.12. The van der Waals surface area contributed by atoms with E-state index in [1.165, 1.54) is 39.9 Å². The number of fused-ring (bicyclic) bond motifs is 1. The fraction of sp³-hybridized carbons (Fsp3) is 0.333. The van der Waals surface area contributed by atoms with Gasteiger partial charge in [0, 0.05) is 23.4 Å². The Kier molecular flexibility index (Phi) is 3.39. The van der Waals surface area contributed by atoms with E-state index >= 15 is 0 Å². The monoisotopic (exact) mass is 267 g/mol. The van der Waals surface area contributed by atoms with Crippen LogP contribution in [0.2, 0.25) is 0 Å². The SMILES string of the molecule is COc1cc(C)cc(C)c1-c1cccc2c1NCCC2. The van der Waals surface area contributed by atoms with Crippen molar-refractivity contribution in [2.75, 3.05) is 19.0 Å². The van der Waals surface area contributed by atoms with Gasteiger partial charge < -0.3 is 10.1 Å². The summed E-state index contributed by atoms with van der Waals surface area (Å²) in [5, 5.41) is 3.57. The van der Waals surface area contributed by atoms with Gasteiger partial charge in [-0.25, -0.2) is 0 Å². The third-order valence-electron chi connectivity index (χ3n) is 4.01. The minimum absolute atomic E-state index is 0.961. The molecule has 20 heavy (non-hydrogen) atoms. The van der Waals surface area contributed by atoms with E-state index in [2.05, 4.69) is 49.5 Å². The molecule has 2 aromatic rings. The lowest BCUT2D eigenvalue weighted by Gasteiger charge is -2.23. The molecule has 0 fully saturated rings. The first-order valence-corrected chi connectivity index (χ1v) is 7.22. The number of para-hydroxylation sites is 1. The van der Waals surface area contributed by atoms with E-state index in [0.29, 0.717) is 0 Å². The van der Waals surface area contributed by atoms with Crippen LogP contribution >= 0.6 is 0 Å². The molecule has 1 aliphatic heterocycles. The van der Waals surface area contributed by atoms with E-state index in [1.807, 2.05) is 0 Å². The molecule has 0 saturated carbocycles. The van der Waals surface area contributed by atoms with Crippen molar-refractivity contribution in [3.05, 3.63) is 47.0 Å². The molecular formula is C18H21NO. The molecule has 104 valence electrons. The first kappa shape index (κ1) is 13.0. The van der Waals surface area contributed by atoms with E-state index in [0.717, 1.165) is 18.7 Å². The minimum Gasteiger partial charge on any atom is -0.496 e. The molecule has 2 aromatic carbocycles. The van der Waals surface area contributed by atoms with Gasteiger partial charge in [-0.2, -0.15) is 0 Å². The number of methoxy groups -OCH3 is 1. The van der Waals surface area contributed by atoms with Gasteiger partial charge in [0.2, 0.25) is 0 Å². The molecule has 0 unspecified atom stereocenters. The fourth-order valence-corrected chi connectivity index (χ4v) is 3.15. The summed E-state index contributed by atoms with van der Waals surface area (Å²) in [5.74, 6) is 0.961. The number of ether oxygens (including phenoxy) is 1. The van der Waals surface area contributed by atoms with Gasteiger partial charge in [-0.05, 0) is 49.4 Å². The highest BCUT2D eigenvalue weighted by Gasteiger charge is 2.18. The summed E-state index contributed by atoms with van der Waals surface area (Å²) in [4.78, 5) is 0. The highest BCUT2D eigenvalue weighted by Crippen LogP contribution is 2.40. The fourth-order valence-electron chi connectivity index (χ4n) is 3.15. The predicted molar refractivity (Wildman–Crippen MR) is 84.7 cm³/mol. The number of hydrogen-bond acceptors (Lipinski definition) is 2. The maximum absolute atomic E-state index is 5.62. The third kappa shape index (κ3) is 2.15. The predicted octanol–water partition coefficient (Wildman–Crippen LogP) is 4.34. The molecule has 3 rings (SSSR count). The molecule has 0 aliphatic carbocycles. The van der Waals surface area contributed by atoms with E-state index in [9.17, 15) is 0 Å². The van der Waals surface area contributed by atoms with Gasteiger partial charge in [0.15, 0.2) is 0 Å². The summed E-state index contributed by atoms with van der Waals surface area (Å²) in [6.07, 6.45) is 2.36. The molecule has 2 heteroatoms. The van der Waals surface area contributed by atoms with Gasteiger partial charge in [-0.1, -0.05) is 24.3 Å². The summed E-state index contributed by atoms with van der Waals surface area (Å²) < 4.78 is 5.62. The summed E-state index contributed by atoms with van der Waals surface area (Å²) in [5.41, 5.74) is 7.67. The average molecular weight is 267 g/mol. The summed E-state index contributed by atoms with van der Waals surface area (Å²) >= 11 is 0. The Bertz CT molecular complexity index is 646. The van der Waals surface area contributed by atoms with Crippen molar-refractivity contribution < 1.29 is 4.74 Å². The summed E-state index contributed by atoms with van der Waals surface area (Å²) in [6.45, 7) is 5.32. The largest absolute Gasteiger partial charge is 0.496 e. The molecular weight excluding hydrogens is 246 g/mol. The Hall–Kier alpha value is -1.96. The van der Waals surface area contributed by atoms with Crippen molar-refractivity contribution in [3.8, 4) is 16.9 Å². The second-order valence-corrected chi connectivity index (χ2v) is 5.53. The van der Waals surface area contributed by atoms with Gasteiger partial charge in [0.25, 0.3) is 0 Å². The molecule has 1 heterocycles. The molecule has 0 saturated heterocycles. The second kappa shape index (κ2) is 5.20. The summed E-state index contributed by atoms with van der Waals surface area (Å²) in [7, 11) is 1.75. The Labute approximate surface area is 120 Å². The van der Waals surface area contributed by atoms with Crippen LogP contribution in [0, 0.1) is 13.8 Å². The van der Waals surface area contributed by atoms with Crippen molar-refractivity contribution in [2.45, 2.75) is 26.7 Å². The normalized spacial score (nSPS) is 13.6. The van der Waals surface area contributed by atoms with Crippen molar-refractivity contribution in [1.29, 1.82) is 0 Å². The maximum atomic E-state index is 5.62. The van der Waals surface area contributed by atoms with Gasteiger partial charge in [0.1, 0.15) is 5.75 Å². The van der Waals surface area contributed by atoms with E-state index < -0.39 is 0 Å². The maximum Gasteiger partial charge on any atom is 0.127 e. The molecule has 1 aliphatic rings. The number of anilines is 1. The number of benzene rings is 2. The molecule has 0 atom stereocenters. The van der Waals surface area contributed by atoms with Crippen LogP contribution in [-0.4, -0.2) is 13.7 Å². The third-order valence-corrected chi connectivity index (χ3v) is 4.01. The Morgan fingerprint density at radius 3 is 2.80 bits per heavy atom. The van der Waals surface area contributed by atoms with Crippen LogP contribution < -0.4 is 10.1 Å². The van der Waals surface area contributed by atoms with Gasteiger partial charge in [-0.3, -0.25) is 0 Å². The van der Waals surface area contributed by atoms with Crippen LogP contribution in [0.5, 0.6) is 5.75 Å². The Balaban J connectivity index is 2.24. The molecule has 0 spiro atoms. The number of hydrogen-bond donors (Lipinski definition) is 1. The Morgan fingerprint density at radius 2 is 2.00 bits per heavy atom. The van der Waals surface area contributed by atoms with Gasteiger partial charge in [0.05, 0.1) is 7.11 Å². The Morgan fingerprint density at radius 1 is 1.15 bits per heavy atom. The van der Waals surface area contributed by atoms with Crippen LogP contribution in [0.3, 0.4) is 0 Å². The smallest absolute Gasteiger partial charge is 0.127 e. The molecule has 0 aromatic heterocycles. The average Bonchev–Trinajstić information content (AvgIpc) is 2.46. The van der Waals surface area contributed by atoms with Crippen LogP contribution in [0.25, 0.3) is 11.1 Å². The number of rotatable bonds is 2. The van der Waals surface area contributed by atoms with Crippen LogP contribution in [0.15, 0.2) is 30.3 Å². The highest BCUT2D eigenvalue weighted by atomic mass is 16.5. The van der Waals surface area contributed by atoms with Crippen LogP contribution in [0.4, 0.5) is 5.69 Å². The first-order chi connectivity index (χ1) is 9.70. The topological polar surface area (TPSA) is 21.3 Å². The molecule has 0 bridgehead atoms. The van der Waals surface area contributed by atoms with E-state index in [1.54, 1.807) is 7.11 Å². The standard InChI is InChI=1S/C18H21NO/c1-12-10-13(2)17(16(11-12)20-3)15-8-4-6-14-7-5-9-19-18(14)15/h4,6,8,10-11,19H,5,7,9H2,1-3H3. The highest BCUT2D eigenvalue weighted by molar-refractivity contribution is 5.86. The van der Waals surface area contributed by atoms with Crippen molar-refractivity contribution >= 4 is 5.69 Å². The van der Waals surface area contributed by atoms with E-state index in [-0.39, 0.29) is 0 Å². The van der Waals surface area contributed by atoms with E-state index in [4.69, 9.17) is 4.74 Å². The first-order valence-electron chi connectivity index (χ1n) is 7.22. The summed E-state index contributed by atoms with van der Waals surface area (Å²) in [6, 6.07) is 10.9. The molecule has 0 radical (unpaired) electrons. The van der Waals surface area contributed by atoms with Crippen molar-refractivity contribution in [2.24, 2.45) is 0 Å². The molecule has 1 N–H and O–H groups in total. The zero-order valence-corrected chi connectivity index (χ0v) is 12.4. The van der Waals surface area contributed by atoms with Crippen LogP contribution in [-0.2, 0) is 6.42 Å². The minimum atomic E-state index is 0.961. The molecule has 0 amide bonds. The number of aryl methyl sites for hydroxylation is 3. The van der Waals surface area contributed by atoms with Gasteiger partial charge in [-0.15, -0.1) is 0 Å². The second-order valence-electron chi connectivity index (χ2n) is 5.53. The molecule has 2 nitrogen and oxygen atoms in total. The van der Waals surface area contributed by atoms with Crippen molar-refractivity contribution in [3.63, 3.8) is 0 Å².